The molecule has 1 fully saturated rings. The maximum atomic E-state index is 12.6. The summed E-state index contributed by atoms with van der Waals surface area (Å²) in [6, 6.07) is 6.68. The van der Waals surface area contributed by atoms with E-state index in [1.807, 2.05) is 12.1 Å². The molecule has 0 radical (unpaired) electrons. The number of hydrogen-bond donors (Lipinski definition) is 1. The molecule has 0 saturated heterocycles. The number of nitrogens with two attached hydrogens (primary N) is 1. The Bertz CT molecular complexity index is 306. The Morgan fingerprint density at radius 1 is 1.46 bits per heavy atom. The first-order valence-electron chi connectivity index (χ1n) is 4.70. The zero-order valence-corrected chi connectivity index (χ0v) is 7.76. The van der Waals surface area contributed by atoms with Crippen LogP contribution in [0.2, 0.25) is 0 Å². The summed E-state index contributed by atoms with van der Waals surface area (Å²) in [6.45, 7) is 2.10. The molecule has 0 bridgehead atoms. The number of hydrogen-bond acceptors (Lipinski definition) is 1. The molecule has 1 nitrogen and oxygen atoms in total. The largest absolute Gasteiger partial charge is 0.325 e. The van der Waals surface area contributed by atoms with E-state index in [-0.39, 0.29) is 11.4 Å². The van der Waals surface area contributed by atoms with Crippen LogP contribution in [0.1, 0.15) is 31.2 Å². The van der Waals surface area contributed by atoms with Crippen molar-refractivity contribution in [1.29, 1.82) is 0 Å². The van der Waals surface area contributed by atoms with Gasteiger partial charge in [-0.15, -0.1) is 0 Å². The van der Waals surface area contributed by atoms with Crippen molar-refractivity contribution in [3.63, 3.8) is 0 Å². The molecule has 1 aromatic rings. The van der Waals surface area contributed by atoms with E-state index in [0.29, 0.717) is 5.92 Å². The monoisotopic (exact) mass is 179 g/mol. The van der Waals surface area contributed by atoms with Crippen molar-refractivity contribution < 1.29 is 4.39 Å². The first kappa shape index (κ1) is 8.70. The molecule has 0 amide bonds. The second-order valence-electron chi connectivity index (χ2n) is 3.89. The molecule has 2 rings (SSSR count). The second-order valence-corrected chi connectivity index (χ2v) is 3.89. The standard InChI is InChI=1S/C11H14FN/c1-2-11(13)7-10(11)8-3-5-9(12)6-4-8/h3-6,10H,2,7,13H2,1H3. The highest BCUT2D eigenvalue weighted by molar-refractivity contribution is 5.32. The normalized spacial score (nSPS) is 31.8. The van der Waals surface area contributed by atoms with Crippen LogP contribution in [0.15, 0.2) is 24.3 Å². The molecule has 0 aliphatic heterocycles. The van der Waals surface area contributed by atoms with E-state index in [1.165, 1.54) is 17.7 Å². The number of halogens is 1. The van der Waals surface area contributed by atoms with E-state index < -0.39 is 0 Å². The summed E-state index contributed by atoms with van der Waals surface area (Å²) in [6.07, 6.45) is 2.03. The summed E-state index contributed by atoms with van der Waals surface area (Å²) in [5.41, 5.74) is 7.22. The smallest absolute Gasteiger partial charge is 0.123 e. The fourth-order valence-corrected chi connectivity index (χ4v) is 1.86. The van der Waals surface area contributed by atoms with Gasteiger partial charge in [-0.25, -0.2) is 4.39 Å². The van der Waals surface area contributed by atoms with Crippen LogP contribution in [-0.4, -0.2) is 5.54 Å². The molecule has 0 heterocycles. The molecular weight excluding hydrogens is 165 g/mol. The third-order valence-electron chi connectivity index (χ3n) is 3.05. The van der Waals surface area contributed by atoms with Crippen molar-refractivity contribution in [2.45, 2.75) is 31.2 Å². The Balaban J connectivity index is 2.16. The maximum absolute atomic E-state index is 12.6. The molecular formula is C11H14FN. The van der Waals surface area contributed by atoms with Crippen molar-refractivity contribution >= 4 is 0 Å². The highest BCUT2D eigenvalue weighted by Crippen LogP contribution is 2.51. The van der Waals surface area contributed by atoms with Gasteiger partial charge in [0.25, 0.3) is 0 Å². The third kappa shape index (κ3) is 1.46. The van der Waals surface area contributed by atoms with Crippen LogP contribution < -0.4 is 5.73 Å². The van der Waals surface area contributed by atoms with Gasteiger partial charge < -0.3 is 5.73 Å². The minimum absolute atomic E-state index is 0.0160. The van der Waals surface area contributed by atoms with Gasteiger partial charge in [-0.3, -0.25) is 0 Å². The van der Waals surface area contributed by atoms with Crippen LogP contribution in [0, 0.1) is 5.82 Å². The Kier molecular flexibility index (Phi) is 1.88. The average molecular weight is 179 g/mol. The Morgan fingerprint density at radius 2 is 2.08 bits per heavy atom. The summed E-state index contributed by atoms with van der Waals surface area (Å²) < 4.78 is 12.6. The minimum atomic E-state index is -0.177. The molecule has 2 N–H and O–H groups in total. The Hall–Kier alpha value is -0.890. The van der Waals surface area contributed by atoms with Crippen LogP contribution in [0.5, 0.6) is 0 Å². The van der Waals surface area contributed by atoms with E-state index in [1.54, 1.807) is 0 Å². The molecule has 0 spiro atoms. The van der Waals surface area contributed by atoms with Crippen molar-refractivity contribution in [2.75, 3.05) is 0 Å². The maximum Gasteiger partial charge on any atom is 0.123 e. The molecule has 0 aromatic heterocycles. The molecule has 2 atom stereocenters. The first-order valence-corrected chi connectivity index (χ1v) is 4.70. The number of benzene rings is 1. The van der Waals surface area contributed by atoms with Crippen LogP contribution in [0.3, 0.4) is 0 Å². The van der Waals surface area contributed by atoms with E-state index >= 15 is 0 Å². The van der Waals surface area contributed by atoms with Gasteiger partial charge in [0.15, 0.2) is 0 Å². The van der Waals surface area contributed by atoms with Crippen molar-refractivity contribution in [3.8, 4) is 0 Å². The van der Waals surface area contributed by atoms with Gasteiger partial charge in [-0.1, -0.05) is 19.1 Å². The van der Waals surface area contributed by atoms with E-state index in [9.17, 15) is 4.39 Å². The summed E-state index contributed by atoms with van der Waals surface area (Å²) in [4.78, 5) is 0. The highest BCUT2D eigenvalue weighted by atomic mass is 19.1. The van der Waals surface area contributed by atoms with Gasteiger partial charge >= 0.3 is 0 Å². The predicted octanol–water partition coefficient (Wildman–Crippen LogP) is 2.42. The fourth-order valence-electron chi connectivity index (χ4n) is 1.86. The Labute approximate surface area is 77.8 Å². The topological polar surface area (TPSA) is 26.0 Å². The van der Waals surface area contributed by atoms with Crippen LogP contribution in [0.4, 0.5) is 4.39 Å². The van der Waals surface area contributed by atoms with Crippen LogP contribution in [0.25, 0.3) is 0 Å². The predicted molar refractivity (Wildman–Crippen MR) is 51.0 cm³/mol. The molecule has 13 heavy (non-hydrogen) atoms. The molecule has 1 saturated carbocycles. The minimum Gasteiger partial charge on any atom is -0.325 e. The van der Waals surface area contributed by atoms with Gasteiger partial charge in [0.1, 0.15) is 5.82 Å². The summed E-state index contributed by atoms with van der Waals surface area (Å²) in [5, 5.41) is 0. The fraction of sp³-hybridized carbons (Fsp3) is 0.455. The molecule has 70 valence electrons. The van der Waals surface area contributed by atoms with Crippen molar-refractivity contribution in [2.24, 2.45) is 5.73 Å². The van der Waals surface area contributed by atoms with Gasteiger partial charge in [-0.2, -0.15) is 0 Å². The lowest BCUT2D eigenvalue weighted by Crippen LogP contribution is -2.22. The number of rotatable bonds is 2. The Morgan fingerprint density at radius 3 is 2.54 bits per heavy atom. The first-order chi connectivity index (χ1) is 6.15. The van der Waals surface area contributed by atoms with Gasteiger partial charge in [-0.05, 0) is 30.5 Å². The molecule has 1 aliphatic rings. The van der Waals surface area contributed by atoms with Crippen molar-refractivity contribution in [3.05, 3.63) is 35.6 Å². The summed E-state index contributed by atoms with van der Waals surface area (Å²) in [5.74, 6) is 0.265. The lowest BCUT2D eigenvalue weighted by atomic mass is 10.1. The highest BCUT2D eigenvalue weighted by Gasteiger charge is 2.49. The van der Waals surface area contributed by atoms with E-state index in [4.69, 9.17) is 5.73 Å². The van der Waals surface area contributed by atoms with Crippen LogP contribution in [-0.2, 0) is 0 Å². The molecule has 2 unspecified atom stereocenters. The quantitative estimate of drug-likeness (QED) is 0.741. The van der Waals surface area contributed by atoms with E-state index in [2.05, 4.69) is 6.92 Å². The van der Waals surface area contributed by atoms with Crippen molar-refractivity contribution in [1.82, 2.24) is 0 Å². The molecule has 1 aliphatic carbocycles. The molecule has 2 heteroatoms. The zero-order chi connectivity index (χ0) is 9.47. The lowest BCUT2D eigenvalue weighted by Gasteiger charge is -2.07. The zero-order valence-electron chi connectivity index (χ0n) is 7.76. The summed E-state index contributed by atoms with van der Waals surface area (Å²) >= 11 is 0. The molecule has 1 aromatic carbocycles. The van der Waals surface area contributed by atoms with Crippen LogP contribution >= 0.6 is 0 Å². The van der Waals surface area contributed by atoms with E-state index in [0.717, 1.165) is 12.8 Å². The van der Waals surface area contributed by atoms with Gasteiger partial charge in [0.05, 0.1) is 0 Å². The lowest BCUT2D eigenvalue weighted by molar-refractivity contribution is 0.618. The second kappa shape index (κ2) is 2.81. The average Bonchev–Trinajstić information content (AvgIpc) is 2.81. The van der Waals surface area contributed by atoms with Gasteiger partial charge in [0, 0.05) is 11.5 Å². The third-order valence-corrected chi connectivity index (χ3v) is 3.05. The SMILES string of the molecule is CCC1(N)CC1c1ccc(F)cc1. The summed E-state index contributed by atoms with van der Waals surface area (Å²) in [7, 11) is 0. The van der Waals surface area contributed by atoms with Gasteiger partial charge in [0.2, 0.25) is 0 Å².